The number of ether oxygens (including phenoxy) is 1. The predicted molar refractivity (Wildman–Crippen MR) is 100 cm³/mol. The molecule has 0 bridgehead atoms. The minimum atomic E-state index is -0.354. The number of carbonyl (C=O) groups excluding carboxylic acids is 1. The van der Waals surface area contributed by atoms with E-state index in [2.05, 4.69) is 17.1 Å². The zero-order valence-electron chi connectivity index (χ0n) is 15.0. The standard InChI is InChI=1S/C21H20FN3O2/c1-2-14-6-3-4-9-19(14)27-17-12-25(13-17)21(26)18-11-23-24-20(18)15-7-5-8-16(22)10-15/h3-11,17H,2,12-13H2,1H3,(H,23,24). The summed E-state index contributed by atoms with van der Waals surface area (Å²) in [5.74, 6) is 0.389. The SMILES string of the molecule is CCc1ccccc1OC1CN(C(=O)c2cn[nH]c2-c2cccc(F)c2)C1. The van der Waals surface area contributed by atoms with E-state index < -0.39 is 0 Å². The minimum absolute atomic E-state index is 0.0221. The number of aromatic amines is 1. The van der Waals surface area contributed by atoms with Crippen molar-refractivity contribution in [1.82, 2.24) is 15.1 Å². The van der Waals surface area contributed by atoms with E-state index in [4.69, 9.17) is 4.74 Å². The third kappa shape index (κ3) is 3.43. The van der Waals surface area contributed by atoms with E-state index in [1.807, 2.05) is 24.3 Å². The van der Waals surface area contributed by atoms with E-state index in [-0.39, 0.29) is 17.8 Å². The largest absolute Gasteiger partial charge is 0.486 e. The Morgan fingerprint density at radius 1 is 1.26 bits per heavy atom. The van der Waals surface area contributed by atoms with Gasteiger partial charge in [0.25, 0.3) is 5.91 Å². The Hall–Kier alpha value is -3.15. The molecule has 0 atom stereocenters. The van der Waals surface area contributed by atoms with E-state index in [1.165, 1.54) is 18.3 Å². The molecule has 138 valence electrons. The molecule has 1 amide bonds. The van der Waals surface area contributed by atoms with Crippen LogP contribution >= 0.6 is 0 Å². The smallest absolute Gasteiger partial charge is 0.257 e. The highest BCUT2D eigenvalue weighted by Gasteiger charge is 2.34. The molecule has 4 rings (SSSR count). The molecule has 0 unspecified atom stereocenters. The lowest BCUT2D eigenvalue weighted by Gasteiger charge is -2.39. The van der Waals surface area contributed by atoms with Crippen molar-refractivity contribution >= 4 is 5.91 Å². The summed E-state index contributed by atoms with van der Waals surface area (Å²) in [6.07, 6.45) is 2.37. The van der Waals surface area contributed by atoms with E-state index >= 15 is 0 Å². The molecule has 5 nitrogen and oxygen atoms in total. The van der Waals surface area contributed by atoms with Gasteiger partial charge in [0.05, 0.1) is 30.5 Å². The number of benzene rings is 2. The highest BCUT2D eigenvalue weighted by Crippen LogP contribution is 2.27. The summed E-state index contributed by atoms with van der Waals surface area (Å²) in [7, 11) is 0. The molecule has 1 aliphatic rings. The lowest BCUT2D eigenvalue weighted by atomic mass is 10.0. The Balaban J connectivity index is 1.44. The van der Waals surface area contributed by atoms with E-state index in [1.54, 1.807) is 17.0 Å². The van der Waals surface area contributed by atoms with Gasteiger partial charge in [0.1, 0.15) is 17.7 Å². The summed E-state index contributed by atoms with van der Waals surface area (Å²) in [6, 6.07) is 14.1. The molecule has 2 heterocycles. The van der Waals surface area contributed by atoms with Gasteiger partial charge in [0.2, 0.25) is 0 Å². The number of nitrogens with zero attached hydrogens (tertiary/aromatic N) is 2. The van der Waals surface area contributed by atoms with Gasteiger partial charge >= 0.3 is 0 Å². The molecule has 1 aliphatic heterocycles. The van der Waals surface area contributed by atoms with Crippen molar-refractivity contribution in [3.05, 3.63) is 71.7 Å². The van der Waals surface area contributed by atoms with Crippen molar-refractivity contribution in [3.8, 4) is 17.0 Å². The molecule has 0 aliphatic carbocycles. The first kappa shape index (κ1) is 17.3. The van der Waals surface area contributed by atoms with E-state index in [9.17, 15) is 9.18 Å². The zero-order chi connectivity index (χ0) is 18.8. The number of nitrogens with one attached hydrogen (secondary N) is 1. The Morgan fingerprint density at radius 3 is 2.85 bits per heavy atom. The lowest BCUT2D eigenvalue weighted by Crippen LogP contribution is -2.56. The quantitative estimate of drug-likeness (QED) is 0.750. The number of hydrogen-bond acceptors (Lipinski definition) is 3. The van der Waals surface area contributed by atoms with Crippen molar-refractivity contribution in [1.29, 1.82) is 0 Å². The summed E-state index contributed by atoms with van der Waals surface area (Å²) in [5.41, 5.74) is 2.72. The van der Waals surface area contributed by atoms with Gasteiger partial charge in [-0.3, -0.25) is 9.89 Å². The number of likely N-dealkylation sites (tertiary alicyclic amines) is 1. The van der Waals surface area contributed by atoms with Gasteiger partial charge in [-0.2, -0.15) is 5.10 Å². The number of rotatable bonds is 5. The minimum Gasteiger partial charge on any atom is -0.486 e. The van der Waals surface area contributed by atoms with Crippen molar-refractivity contribution in [2.45, 2.75) is 19.4 Å². The normalized spacial score (nSPS) is 14.1. The number of amides is 1. The number of para-hydroxylation sites is 1. The van der Waals surface area contributed by atoms with Crippen molar-refractivity contribution in [3.63, 3.8) is 0 Å². The summed E-state index contributed by atoms with van der Waals surface area (Å²) < 4.78 is 19.5. The number of aryl methyl sites for hydroxylation is 1. The molecule has 27 heavy (non-hydrogen) atoms. The molecule has 1 saturated heterocycles. The molecular formula is C21H20FN3O2. The van der Waals surface area contributed by atoms with Crippen LogP contribution in [0.1, 0.15) is 22.8 Å². The second kappa shape index (κ2) is 7.23. The summed E-state index contributed by atoms with van der Waals surface area (Å²) in [4.78, 5) is 14.5. The molecule has 0 spiro atoms. The molecule has 1 aromatic heterocycles. The number of aromatic nitrogens is 2. The number of H-pyrrole nitrogens is 1. The van der Waals surface area contributed by atoms with Gasteiger partial charge in [0, 0.05) is 5.56 Å². The summed E-state index contributed by atoms with van der Waals surface area (Å²) in [6.45, 7) is 3.13. The van der Waals surface area contributed by atoms with Gasteiger partial charge in [-0.05, 0) is 30.2 Å². The second-order valence-corrected chi connectivity index (χ2v) is 6.58. The van der Waals surface area contributed by atoms with Crippen LogP contribution < -0.4 is 4.74 Å². The molecule has 1 N–H and O–H groups in total. The second-order valence-electron chi connectivity index (χ2n) is 6.58. The number of halogens is 1. The summed E-state index contributed by atoms with van der Waals surface area (Å²) in [5, 5.41) is 6.78. The molecular weight excluding hydrogens is 345 g/mol. The Bertz CT molecular complexity index is 963. The topological polar surface area (TPSA) is 58.2 Å². The average molecular weight is 365 g/mol. The van der Waals surface area contributed by atoms with Gasteiger partial charge in [0.15, 0.2) is 0 Å². The van der Waals surface area contributed by atoms with Gasteiger partial charge in [-0.25, -0.2) is 4.39 Å². The van der Waals surface area contributed by atoms with Crippen molar-refractivity contribution < 1.29 is 13.9 Å². The monoisotopic (exact) mass is 365 g/mol. The Morgan fingerprint density at radius 2 is 2.07 bits per heavy atom. The van der Waals surface area contributed by atoms with Crippen molar-refractivity contribution in [2.24, 2.45) is 0 Å². The molecule has 0 radical (unpaired) electrons. The first-order valence-electron chi connectivity index (χ1n) is 8.99. The zero-order valence-corrected chi connectivity index (χ0v) is 15.0. The first-order chi connectivity index (χ1) is 13.2. The maximum absolute atomic E-state index is 13.5. The highest BCUT2D eigenvalue weighted by molar-refractivity contribution is 6.00. The van der Waals surface area contributed by atoms with Crippen molar-refractivity contribution in [2.75, 3.05) is 13.1 Å². The van der Waals surface area contributed by atoms with Crippen LogP contribution in [0.5, 0.6) is 5.75 Å². The Labute approximate surface area is 156 Å². The van der Waals surface area contributed by atoms with Gasteiger partial charge in [-0.1, -0.05) is 37.3 Å². The van der Waals surface area contributed by atoms with Crippen LogP contribution in [0.3, 0.4) is 0 Å². The van der Waals surface area contributed by atoms with Gasteiger partial charge in [-0.15, -0.1) is 0 Å². The highest BCUT2D eigenvalue weighted by atomic mass is 19.1. The van der Waals surface area contributed by atoms with Crippen LogP contribution in [0.25, 0.3) is 11.3 Å². The molecule has 0 saturated carbocycles. The van der Waals surface area contributed by atoms with Crippen LogP contribution in [0.4, 0.5) is 4.39 Å². The summed E-state index contributed by atoms with van der Waals surface area (Å²) >= 11 is 0. The third-order valence-electron chi connectivity index (χ3n) is 4.77. The van der Waals surface area contributed by atoms with Crippen LogP contribution in [-0.2, 0) is 6.42 Å². The van der Waals surface area contributed by atoms with Gasteiger partial charge < -0.3 is 9.64 Å². The van der Waals surface area contributed by atoms with Crippen LogP contribution in [0, 0.1) is 5.82 Å². The number of hydrogen-bond donors (Lipinski definition) is 1. The maximum atomic E-state index is 13.5. The maximum Gasteiger partial charge on any atom is 0.257 e. The molecule has 1 fully saturated rings. The lowest BCUT2D eigenvalue weighted by molar-refractivity contribution is 0.0175. The fourth-order valence-corrected chi connectivity index (χ4v) is 3.25. The van der Waals surface area contributed by atoms with E-state index in [0.29, 0.717) is 29.9 Å². The third-order valence-corrected chi connectivity index (χ3v) is 4.77. The first-order valence-corrected chi connectivity index (χ1v) is 8.99. The van der Waals surface area contributed by atoms with Crippen LogP contribution in [0.2, 0.25) is 0 Å². The Kier molecular flexibility index (Phi) is 4.62. The number of carbonyl (C=O) groups is 1. The van der Waals surface area contributed by atoms with Crippen LogP contribution in [0.15, 0.2) is 54.7 Å². The average Bonchev–Trinajstić information content (AvgIpc) is 3.14. The van der Waals surface area contributed by atoms with E-state index in [0.717, 1.165) is 17.7 Å². The predicted octanol–water partition coefficient (Wildman–Crippen LogP) is 3.68. The molecule has 2 aromatic carbocycles. The van der Waals surface area contributed by atoms with Crippen LogP contribution in [-0.4, -0.2) is 40.2 Å². The molecule has 6 heteroatoms. The fourth-order valence-electron chi connectivity index (χ4n) is 3.25. The molecule has 3 aromatic rings. The fraction of sp³-hybridized carbons (Fsp3) is 0.238.